The summed E-state index contributed by atoms with van der Waals surface area (Å²) in [5.41, 5.74) is 0. The Balaban J connectivity index is 1.96. The van der Waals surface area contributed by atoms with Crippen molar-refractivity contribution in [2.75, 3.05) is 11.2 Å². The quantitative estimate of drug-likeness (QED) is 0.455. The molecule has 0 spiro atoms. The van der Waals surface area contributed by atoms with E-state index in [1.807, 2.05) is 22.6 Å². The fourth-order valence-corrected chi connectivity index (χ4v) is 3.36. The Labute approximate surface area is 126 Å². The maximum absolute atomic E-state index is 12.3. The van der Waals surface area contributed by atoms with Crippen molar-refractivity contribution >= 4 is 34.5 Å². The number of ether oxygens (including phenoxy) is 1. The van der Waals surface area contributed by atoms with Crippen LogP contribution in [0.4, 0.5) is 0 Å². The molecule has 0 aromatic carbocycles. The largest absolute Gasteiger partial charge is 0.453 e. The summed E-state index contributed by atoms with van der Waals surface area (Å²) in [6.07, 6.45) is 4.76. The van der Waals surface area contributed by atoms with Crippen LogP contribution in [0, 0.1) is 5.92 Å². The van der Waals surface area contributed by atoms with Crippen LogP contribution in [-0.2, 0) is 14.3 Å². The average Bonchev–Trinajstić information content (AvgIpc) is 2.98. The van der Waals surface area contributed by atoms with Crippen molar-refractivity contribution in [1.29, 1.82) is 0 Å². The fraction of sp³-hybridized carbons (Fsp3) is 0.846. The van der Waals surface area contributed by atoms with Gasteiger partial charge in [0.1, 0.15) is 4.61 Å². The van der Waals surface area contributed by atoms with Crippen molar-refractivity contribution in [3.8, 4) is 0 Å². The zero-order chi connectivity index (χ0) is 13.8. The Morgan fingerprint density at radius 3 is 2.58 bits per heavy atom. The predicted molar refractivity (Wildman–Crippen MR) is 77.7 cm³/mol. The Kier molecular flexibility index (Phi) is 5.44. The van der Waals surface area contributed by atoms with E-state index in [9.17, 15) is 14.7 Å². The molecule has 1 aliphatic heterocycles. The minimum atomic E-state index is -0.802. The van der Waals surface area contributed by atoms with Crippen LogP contribution in [0.2, 0.25) is 0 Å². The van der Waals surface area contributed by atoms with Gasteiger partial charge in [-0.05, 0) is 47.8 Å². The SMILES string of the molecule is O=C(OCI)[C@@H]1[C@@H](O)CCN1C(=O)CC1CCCC1. The molecule has 1 heterocycles. The highest BCUT2D eigenvalue weighted by Gasteiger charge is 2.42. The number of esters is 1. The topological polar surface area (TPSA) is 66.8 Å². The number of halogens is 1. The van der Waals surface area contributed by atoms with Crippen LogP contribution in [0.25, 0.3) is 0 Å². The monoisotopic (exact) mass is 381 g/mol. The molecule has 1 saturated carbocycles. The van der Waals surface area contributed by atoms with Crippen molar-refractivity contribution in [2.45, 2.75) is 50.7 Å². The zero-order valence-electron chi connectivity index (χ0n) is 10.9. The van der Waals surface area contributed by atoms with E-state index >= 15 is 0 Å². The summed E-state index contributed by atoms with van der Waals surface area (Å²) >= 11 is 1.93. The van der Waals surface area contributed by atoms with Gasteiger partial charge in [-0.25, -0.2) is 4.79 Å². The van der Waals surface area contributed by atoms with Crippen LogP contribution in [-0.4, -0.2) is 45.2 Å². The van der Waals surface area contributed by atoms with Crippen LogP contribution < -0.4 is 0 Å². The summed E-state index contributed by atoms with van der Waals surface area (Å²) in [4.78, 5) is 25.6. The first-order valence-electron chi connectivity index (χ1n) is 6.83. The Bertz CT molecular complexity index is 344. The number of aliphatic hydroxyl groups excluding tert-OH is 1. The number of likely N-dealkylation sites (tertiary alicyclic amines) is 1. The molecule has 19 heavy (non-hydrogen) atoms. The number of rotatable bonds is 4. The van der Waals surface area contributed by atoms with E-state index in [0.29, 0.717) is 25.3 Å². The summed E-state index contributed by atoms with van der Waals surface area (Å²) in [6, 6.07) is -0.802. The fourth-order valence-electron chi connectivity index (χ4n) is 3.06. The molecular weight excluding hydrogens is 361 g/mol. The number of carbonyl (C=O) groups is 2. The number of hydrogen-bond acceptors (Lipinski definition) is 4. The molecule has 1 amide bonds. The Hall–Kier alpha value is -0.370. The molecule has 1 N–H and O–H groups in total. The molecule has 0 bridgehead atoms. The van der Waals surface area contributed by atoms with Crippen molar-refractivity contribution in [3.63, 3.8) is 0 Å². The number of carbonyl (C=O) groups excluding carboxylic acids is 2. The zero-order valence-corrected chi connectivity index (χ0v) is 13.0. The van der Waals surface area contributed by atoms with E-state index in [1.54, 1.807) is 0 Å². The first-order valence-corrected chi connectivity index (χ1v) is 8.36. The summed E-state index contributed by atoms with van der Waals surface area (Å²) in [6.45, 7) is 0.452. The molecule has 0 aromatic heterocycles. The average molecular weight is 381 g/mol. The van der Waals surface area contributed by atoms with E-state index in [-0.39, 0.29) is 10.5 Å². The molecule has 1 aliphatic carbocycles. The van der Waals surface area contributed by atoms with E-state index in [4.69, 9.17) is 4.74 Å². The molecule has 0 unspecified atom stereocenters. The Morgan fingerprint density at radius 1 is 1.26 bits per heavy atom. The van der Waals surface area contributed by atoms with Gasteiger partial charge in [0.15, 0.2) is 6.04 Å². The van der Waals surface area contributed by atoms with Crippen molar-refractivity contribution < 1.29 is 19.4 Å². The van der Waals surface area contributed by atoms with Crippen LogP contribution in [0.5, 0.6) is 0 Å². The van der Waals surface area contributed by atoms with Gasteiger partial charge in [0.2, 0.25) is 5.91 Å². The normalized spacial score (nSPS) is 27.8. The molecule has 1 saturated heterocycles. The summed E-state index contributed by atoms with van der Waals surface area (Å²) in [5.74, 6) is -0.0514. The van der Waals surface area contributed by atoms with Gasteiger partial charge in [0, 0.05) is 13.0 Å². The van der Waals surface area contributed by atoms with Crippen LogP contribution in [0.1, 0.15) is 38.5 Å². The van der Waals surface area contributed by atoms with Gasteiger partial charge in [-0.2, -0.15) is 0 Å². The van der Waals surface area contributed by atoms with Gasteiger partial charge in [0.05, 0.1) is 6.10 Å². The van der Waals surface area contributed by atoms with Gasteiger partial charge in [-0.1, -0.05) is 12.8 Å². The van der Waals surface area contributed by atoms with Gasteiger partial charge in [-0.15, -0.1) is 0 Å². The maximum atomic E-state index is 12.3. The number of nitrogens with zero attached hydrogens (tertiary/aromatic N) is 1. The van der Waals surface area contributed by atoms with Crippen molar-refractivity contribution in [1.82, 2.24) is 4.90 Å². The van der Waals surface area contributed by atoms with Gasteiger partial charge >= 0.3 is 5.97 Å². The van der Waals surface area contributed by atoms with E-state index < -0.39 is 18.1 Å². The lowest BCUT2D eigenvalue weighted by atomic mass is 10.0. The van der Waals surface area contributed by atoms with Gasteiger partial charge in [0.25, 0.3) is 0 Å². The van der Waals surface area contributed by atoms with E-state index in [1.165, 1.54) is 17.7 Å². The van der Waals surface area contributed by atoms with Gasteiger partial charge < -0.3 is 14.7 Å². The Morgan fingerprint density at radius 2 is 1.95 bits per heavy atom. The lowest BCUT2D eigenvalue weighted by Crippen LogP contribution is -2.46. The molecule has 5 nitrogen and oxygen atoms in total. The lowest BCUT2D eigenvalue weighted by Gasteiger charge is -2.25. The molecule has 0 radical (unpaired) electrons. The number of alkyl halides is 1. The highest BCUT2D eigenvalue weighted by atomic mass is 127. The standard InChI is InChI=1S/C13H20INO4/c14-8-19-13(18)12-10(16)5-6-15(12)11(17)7-9-3-1-2-4-9/h9-10,12,16H,1-8H2/t10-,12-/m0/s1. The third kappa shape index (κ3) is 3.59. The third-order valence-corrected chi connectivity index (χ3v) is 4.37. The minimum Gasteiger partial charge on any atom is -0.453 e. The van der Waals surface area contributed by atoms with Gasteiger partial charge in [-0.3, -0.25) is 4.79 Å². The first kappa shape index (κ1) is 15.0. The molecule has 2 fully saturated rings. The number of aliphatic hydroxyl groups is 1. The third-order valence-electron chi connectivity index (χ3n) is 4.06. The highest BCUT2D eigenvalue weighted by molar-refractivity contribution is 14.1. The molecule has 0 aromatic rings. The smallest absolute Gasteiger partial charge is 0.332 e. The second kappa shape index (κ2) is 6.88. The van der Waals surface area contributed by atoms with Crippen molar-refractivity contribution in [2.24, 2.45) is 5.92 Å². The molecule has 2 aliphatic rings. The summed E-state index contributed by atoms with van der Waals surface area (Å²) < 4.78 is 5.18. The van der Waals surface area contributed by atoms with Crippen LogP contribution in [0.15, 0.2) is 0 Å². The van der Waals surface area contributed by atoms with Crippen LogP contribution >= 0.6 is 22.6 Å². The second-order valence-corrected chi connectivity index (χ2v) is 5.94. The first-order chi connectivity index (χ1) is 9.13. The predicted octanol–water partition coefficient (Wildman–Crippen LogP) is 1.46. The second-order valence-electron chi connectivity index (χ2n) is 5.32. The molecule has 2 atom stereocenters. The number of hydrogen-bond donors (Lipinski definition) is 1. The van der Waals surface area contributed by atoms with E-state index in [0.717, 1.165) is 12.8 Å². The highest BCUT2D eigenvalue weighted by Crippen LogP contribution is 2.29. The molecule has 108 valence electrons. The van der Waals surface area contributed by atoms with Crippen LogP contribution in [0.3, 0.4) is 0 Å². The molecule has 2 rings (SSSR count). The van der Waals surface area contributed by atoms with E-state index in [2.05, 4.69) is 0 Å². The molecule has 6 heteroatoms. The summed E-state index contributed by atoms with van der Waals surface area (Å²) in [7, 11) is 0. The minimum absolute atomic E-state index is 0.0149. The van der Waals surface area contributed by atoms with Crippen molar-refractivity contribution in [3.05, 3.63) is 0 Å². The lowest BCUT2D eigenvalue weighted by molar-refractivity contribution is -0.154. The number of amides is 1. The summed E-state index contributed by atoms with van der Waals surface area (Å²) in [5, 5.41) is 9.87. The maximum Gasteiger partial charge on any atom is 0.332 e. The molecular formula is C13H20INO4.